The smallest absolute Gasteiger partial charge is 0.118 e. The van der Waals surface area contributed by atoms with Crippen LogP contribution in [-0.4, -0.2) is 13.2 Å². The lowest BCUT2D eigenvalue weighted by molar-refractivity contribution is 0.414. The van der Waals surface area contributed by atoms with E-state index in [0.717, 1.165) is 12.2 Å². The Morgan fingerprint density at radius 1 is 1.33 bits per heavy atom. The molecular weight excluding hydrogens is 150 g/mol. The molecule has 0 spiro atoms. The van der Waals surface area contributed by atoms with Crippen LogP contribution in [-0.2, 0) is 0 Å². The summed E-state index contributed by atoms with van der Waals surface area (Å²) in [6.07, 6.45) is 1.13. The van der Waals surface area contributed by atoms with Gasteiger partial charge in [0.05, 0.1) is 7.11 Å². The van der Waals surface area contributed by atoms with Crippen LogP contribution in [0.2, 0.25) is 0 Å². The lowest BCUT2D eigenvalue weighted by Gasteiger charge is -2.01. The summed E-state index contributed by atoms with van der Waals surface area (Å²) in [5, 5.41) is 0. The van der Waals surface area contributed by atoms with E-state index in [4.69, 9.17) is 10.5 Å². The van der Waals surface area contributed by atoms with E-state index in [0.29, 0.717) is 12.0 Å². The molecule has 1 fully saturated rings. The zero-order valence-corrected chi connectivity index (χ0v) is 7.16. The zero-order valence-electron chi connectivity index (χ0n) is 7.16. The molecule has 0 aliphatic heterocycles. The maximum atomic E-state index is 5.74. The lowest BCUT2D eigenvalue weighted by Crippen LogP contribution is -2.00. The Labute approximate surface area is 72.3 Å². The van der Waals surface area contributed by atoms with Crippen molar-refractivity contribution in [2.45, 2.75) is 18.4 Å². The highest BCUT2D eigenvalue weighted by atomic mass is 16.5. The third-order valence-electron chi connectivity index (χ3n) is 2.38. The van der Waals surface area contributed by atoms with Gasteiger partial charge in [0.15, 0.2) is 0 Å². The fourth-order valence-electron chi connectivity index (χ4n) is 1.45. The van der Waals surface area contributed by atoms with Gasteiger partial charge in [0.2, 0.25) is 0 Å². The number of nitrogens with two attached hydrogens (primary N) is 1. The second-order valence-corrected chi connectivity index (χ2v) is 3.28. The van der Waals surface area contributed by atoms with E-state index in [1.165, 1.54) is 5.56 Å². The van der Waals surface area contributed by atoms with Gasteiger partial charge in [0, 0.05) is 12.0 Å². The minimum absolute atomic E-state index is 0.387. The fraction of sp³-hybridized carbons (Fsp3) is 0.400. The molecule has 1 aliphatic rings. The van der Waals surface area contributed by atoms with Crippen molar-refractivity contribution >= 4 is 0 Å². The Morgan fingerprint density at radius 3 is 2.33 bits per heavy atom. The standard InChI is InChI=1S/C10H13NO/c1-12-8-4-2-7(3-5-8)9-6-10(9)11/h2-5,9-10H,6,11H2,1H3/t9-,10-/m1/s1. The maximum absolute atomic E-state index is 5.74. The number of benzene rings is 1. The van der Waals surface area contributed by atoms with E-state index in [1.807, 2.05) is 12.1 Å². The molecule has 64 valence electrons. The van der Waals surface area contributed by atoms with E-state index in [2.05, 4.69) is 12.1 Å². The number of hydrogen-bond donors (Lipinski definition) is 1. The molecule has 1 aromatic rings. The summed E-state index contributed by atoms with van der Waals surface area (Å²) in [5.41, 5.74) is 7.07. The number of ether oxygens (including phenoxy) is 1. The van der Waals surface area contributed by atoms with Gasteiger partial charge >= 0.3 is 0 Å². The van der Waals surface area contributed by atoms with Crippen LogP contribution in [0, 0.1) is 0 Å². The monoisotopic (exact) mass is 163 g/mol. The molecule has 1 aromatic carbocycles. The molecule has 0 amide bonds. The SMILES string of the molecule is COc1ccc([C@H]2C[C@H]2N)cc1. The highest BCUT2D eigenvalue weighted by Crippen LogP contribution is 2.39. The molecule has 2 N–H and O–H groups in total. The van der Waals surface area contributed by atoms with E-state index >= 15 is 0 Å². The second-order valence-electron chi connectivity index (χ2n) is 3.28. The minimum atomic E-state index is 0.387. The predicted molar refractivity (Wildman–Crippen MR) is 48.3 cm³/mol. The van der Waals surface area contributed by atoms with Crippen molar-refractivity contribution in [3.05, 3.63) is 29.8 Å². The van der Waals surface area contributed by atoms with Gasteiger partial charge in [-0.05, 0) is 24.1 Å². The van der Waals surface area contributed by atoms with Crippen molar-refractivity contribution in [2.75, 3.05) is 7.11 Å². The first-order valence-electron chi connectivity index (χ1n) is 4.21. The highest BCUT2D eigenvalue weighted by Gasteiger charge is 2.34. The zero-order chi connectivity index (χ0) is 8.55. The summed E-state index contributed by atoms with van der Waals surface area (Å²) in [4.78, 5) is 0. The minimum Gasteiger partial charge on any atom is -0.497 e. The summed E-state index contributed by atoms with van der Waals surface area (Å²) < 4.78 is 5.06. The van der Waals surface area contributed by atoms with E-state index in [9.17, 15) is 0 Å². The van der Waals surface area contributed by atoms with Crippen LogP contribution in [0.4, 0.5) is 0 Å². The Balaban J connectivity index is 2.14. The molecule has 0 radical (unpaired) electrons. The Bertz CT molecular complexity index is 268. The van der Waals surface area contributed by atoms with Crippen molar-refractivity contribution in [3.63, 3.8) is 0 Å². The molecule has 2 atom stereocenters. The molecule has 2 rings (SSSR count). The third kappa shape index (κ3) is 1.30. The molecule has 0 heterocycles. The van der Waals surface area contributed by atoms with Gasteiger partial charge in [-0.2, -0.15) is 0 Å². The molecule has 0 saturated heterocycles. The van der Waals surface area contributed by atoms with Gasteiger partial charge in [0.25, 0.3) is 0 Å². The molecule has 2 nitrogen and oxygen atoms in total. The topological polar surface area (TPSA) is 35.2 Å². The average Bonchev–Trinajstić information content (AvgIpc) is 2.83. The lowest BCUT2D eigenvalue weighted by atomic mass is 10.1. The van der Waals surface area contributed by atoms with Gasteiger partial charge < -0.3 is 10.5 Å². The normalized spacial score (nSPS) is 26.8. The fourth-order valence-corrected chi connectivity index (χ4v) is 1.45. The predicted octanol–water partition coefficient (Wildman–Crippen LogP) is 1.51. The van der Waals surface area contributed by atoms with Gasteiger partial charge in [-0.25, -0.2) is 0 Å². The first-order chi connectivity index (χ1) is 5.81. The van der Waals surface area contributed by atoms with Gasteiger partial charge in [-0.3, -0.25) is 0 Å². The Kier molecular flexibility index (Phi) is 1.77. The van der Waals surface area contributed by atoms with Gasteiger partial charge in [-0.1, -0.05) is 12.1 Å². The number of methoxy groups -OCH3 is 1. The molecule has 0 aromatic heterocycles. The van der Waals surface area contributed by atoms with Crippen LogP contribution in [0.3, 0.4) is 0 Å². The van der Waals surface area contributed by atoms with Crippen molar-refractivity contribution in [2.24, 2.45) is 5.73 Å². The largest absolute Gasteiger partial charge is 0.497 e. The Hall–Kier alpha value is -1.02. The first-order valence-corrected chi connectivity index (χ1v) is 4.21. The molecule has 0 unspecified atom stereocenters. The van der Waals surface area contributed by atoms with Crippen LogP contribution < -0.4 is 10.5 Å². The van der Waals surface area contributed by atoms with Crippen molar-refractivity contribution in [1.29, 1.82) is 0 Å². The van der Waals surface area contributed by atoms with Crippen molar-refractivity contribution in [1.82, 2.24) is 0 Å². The van der Waals surface area contributed by atoms with Crippen LogP contribution >= 0.6 is 0 Å². The van der Waals surface area contributed by atoms with E-state index < -0.39 is 0 Å². The number of rotatable bonds is 2. The van der Waals surface area contributed by atoms with E-state index in [1.54, 1.807) is 7.11 Å². The first kappa shape index (κ1) is 7.62. The van der Waals surface area contributed by atoms with Crippen LogP contribution in [0.25, 0.3) is 0 Å². The van der Waals surface area contributed by atoms with Crippen molar-refractivity contribution < 1.29 is 4.74 Å². The molecular formula is C10H13NO. The average molecular weight is 163 g/mol. The maximum Gasteiger partial charge on any atom is 0.118 e. The second kappa shape index (κ2) is 2.79. The van der Waals surface area contributed by atoms with Gasteiger partial charge in [0.1, 0.15) is 5.75 Å². The van der Waals surface area contributed by atoms with Crippen LogP contribution in [0.15, 0.2) is 24.3 Å². The number of hydrogen-bond acceptors (Lipinski definition) is 2. The summed E-state index contributed by atoms with van der Waals surface area (Å²) in [6.45, 7) is 0. The molecule has 1 saturated carbocycles. The summed E-state index contributed by atoms with van der Waals surface area (Å²) >= 11 is 0. The van der Waals surface area contributed by atoms with E-state index in [-0.39, 0.29) is 0 Å². The quantitative estimate of drug-likeness (QED) is 0.717. The molecule has 2 heteroatoms. The summed E-state index contributed by atoms with van der Waals surface area (Å²) in [5.74, 6) is 1.50. The van der Waals surface area contributed by atoms with Crippen LogP contribution in [0.1, 0.15) is 17.9 Å². The molecule has 1 aliphatic carbocycles. The molecule has 0 bridgehead atoms. The van der Waals surface area contributed by atoms with Crippen molar-refractivity contribution in [3.8, 4) is 5.75 Å². The highest BCUT2D eigenvalue weighted by molar-refractivity contribution is 5.33. The van der Waals surface area contributed by atoms with Gasteiger partial charge in [-0.15, -0.1) is 0 Å². The molecule has 12 heavy (non-hydrogen) atoms. The third-order valence-corrected chi connectivity index (χ3v) is 2.38. The summed E-state index contributed by atoms with van der Waals surface area (Å²) in [6, 6.07) is 8.55. The Morgan fingerprint density at radius 2 is 1.92 bits per heavy atom. The summed E-state index contributed by atoms with van der Waals surface area (Å²) in [7, 11) is 1.68. The van der Waals surface area contributed by atoms with Crippen LogP contribution in [0.5, 0.6) is 5.75 Å².